The third-order valence-electron chi connectivity index (χ3n) is 3.04. The van der Waals surface area contributed by atoms with E-state index >= 15 is 0 Å². The fourth-order valence-electron chi connectivity index (χ4n) is 1.97. The molecule has 2 rings (SSSR count). The molecular weight excluding hydrogens is 348 g/mol. The smallest absolute Gasteiger partial charge is 0.130 e. The van der Waals surface area contributed by atoms with Gasteiger partial charge in [0.2, 0.25) is 0 Å². The summed E-state index contributed by atoms with van der Waals surface area (Å²) in [6.07, 6.45) is 0. The monoisotopic (exact) mass is 359 g/mol. The van der Waals surface area contributed by atoms with E-state index in [1.165, 1.54) is 18.2 Å². The molecule has 2 aromatic rings. The Morgan fingerprint density at radius 1 is 1.20 bits per heavy atom. The summed E-state index contributed by atoms with van der Waals surface area (Å²) >= 11 is 9.44. The first-order chi connectivity index (χ1) is 9.49. The molecule has 0 spiro atoms. The van der Waals surface area contributed by atoms with Crippen molar-refractivity contribution in [2.75, 3.05) is 0 Å². The van der Waals surface area contributed by atoms with E-state index in [0.717, 1.165) is 10.0 Å². The van der Waals surface area contributed by atoms with E-state index in [9.17, 15) is 8.78 Å². The highest BCUT2D eigenvalue weighted by molar-refractivity contribution is 9.10. The van der Waals surface area contributed by atoms with E-state index in [1.807, 2.05) is 12.1 Å². The Labute approximate surface area is 130 Å². The molecule has 106 valence electrons. The molecule has 5 heteroatoms. The molecular formula is C15H13BrClF2N. The van der Waals surface area contributed by atoms with Crippen LogP contribution in [0.15, 0.2) is 40.9 Å². The first kappa shape index (κ1) is 15.4. The zero-order valence-corrected chi connectivity index (χ0v) is 13.1. The zero-order chi connectivity index (χ0) is 14.7. The van der Waals surface area contributed by atoms with Gasteiger partial charge >= 0.3 is 0 Å². The maximum atomic E-state index is 13.7. The highest BCUT2D eigenvalue weighted by Crippen LogP contribution is 2.24. The van der Waals surface area contributed by atoms with Crippen molar-refractivity contribution in [3.63, 3.8) is 0 Å². The van der Waals surface area contributed by atoms with Crippen molar-refractivity contribution in [1.29, 1.82) is 0 Å². The second-order valence-corrected chi connectivity index (χ2v) is 5.80. The molecule has 1 nitrogen and oxygen atoms in total. The lowest BCUT2D eigenvalue weighted by Crippen LogP contribution is -2.20. The molecule has 2 aromatic carbocycles. The van der Waals surface area contributed by atoms with Crippen LogP contribution in [0.1, 0.15) is 24.1 Å². The lowest BCUT2D eigenvalue weighted by atomic mass is 10.1. The van der Waals surface area contributed by atoms with E-state index < -0.39 is 17.7 Å². The van der Waals surface area contributed by atoms with Crippen molar-refractivity contribution in [2.45, 2.75) is 19.5 Å². The van der Waals surface area contributed by atoms with Gasteiger partial charge in [-0.25, -0.2) is 8.78 Å². The Bertz CT molecular complexity index is 599. The maximum absolute atomic E-state index is 13.7. The number of rotatable bonds is 4. The van der Waals surface area contributed by atoms with E-state index in [-0.39, 0.29) is 5.56 Å². The molecule has 1 N–H and O–H groups in total. The van der Waals surface area contributed by atoms with Gasteiger partial charge in [-0.2, -0.15) is 0 Å². The molecule has 0 aliphatic heterocycles. The summed E-state index contributed by atoms with van der Waals surface area (Å²) in [7, 11) is 0. The Balaban J connectivity index is 2.13. The second-order valence-electron chi connectivity index (χ2n) is 4.47. The van der Waals surface area contributed by atoms with Gasteiger partial charge in [0, 0.05) is 27.6 Å². The molecule has 0 saturated carbocycles. The average molecular weight is 361 g/mol. The molecule has 0 radical (unpaired) electrons. The lowest BCUT2D eigenvalue weighted by Gasteiger charge is -2.16. The SMILES string of the molecule is CC(NCc1cc(Br)ccc1Cl)c1c(F)cccc1F. The predicted molar refractivity (Wildman–Crippen MR) is 80.8 cm³/mol. The minimum Gasteiger partial charge on any atom is -0.306 e. The van der Waals surface area contributed by atoms with Gasteiger partial charge in [0.15, 0.2) is 0 Å². The van der Waals surface area contributed by atoms with E-state index in [1.54, 1.807) is 13.0 Å². The Hall–Kier alpha value is -0.970. The van der Waals surface area contributed by atoms with E-state index in [0.29, 0.717) is 11.6 Å². The van der Waals surface area contributed by atoms with Crippen LogP contribution in [0.3, 0.4) is 0 Å². The third-order valence-corrected chi connectivity index (χ3v) is 3.90. The summed E-state index contributed by atoms with van der Waals surface area (Å²) in [5, 5.41) is 3.69. The van der Waals surface area contributed by atoms with Crippen LogP contribution in [0.4, 0.5) is 8.78 Å². The molecule has 20 heavy (non-hydrogen) atoms. The Kier molecular flexibility index (Phi) is 5.13. The summed E-state index contributed by atoms with van der Waals surface area (Å²) in [4.78, 5) is 0. The molecule has 0 aromatic heterocycles. The van der Waals surface area contributed by atoms with Gasteiger partial charge in [-0.1, -0.05) is 33.6 Å². The van der Waals surface area contributed by atoms with Crippen molar-refractivity contribution in [1.82, 2.24) is 5.32 Å². The predicted octanol–water partition coefficient (Wildman–Crippen LogP) is 5.23. The second kappa shape index (κ2) is 6.66. The zero-order valence-electron chi connectivity index (χ0n) is 10.8. The first-order valence-corrected chi connectivity index (χ1v) is 7.27. The summed E-state index contributed by atoms with van der Waals surface area (Å²) in [6.45, 7) is 2.14. The van der Waals surface area contributed by atoms with E-state index in [2.05, 4.69) is 21.2 Å². The highest BCUT2D eigenvalue weighted by Gasteiger charge is 2.15. The van der Waals surface area contributed by atoms with Gasteiger partial charge in [0.1, 0.15) is 11.6 Å². The Morgan fingerprint density at radius 2 is 1.85 bits per heavy atom. The summed E-state index contributed by atoms with van der Waals surface area (Å²) < 4.78 is 28.2. The fourth-order valence-corrected chi connectivity index (χ4v) is 2.56. The van der Waals surface area contributed by atoms with Crippen molar-refractivity contribution in [2.24, 2.45) is 0 Å². The lowest BCUT2D eigenvalue weighted by molar-refractivity contribution is 0.487. The number of nitrogens with one attached hydrogen (secondary N) is 1. The summed E-state index contributed by atoms with van der Waals surface area (Å²) in [6, 6.07) is 8.89. The molecule has 0 aliphatic rings. The largest absolute Gasteiger partial charge is 0.306 e. The molecule has 0 bridgehead atoms. The highest BCUT2D eigenvalue weighted by atomic mass is 79.9. The number of hydrogen-bond donors (Lipinski definition) is 1. The molecule has 0 saturated heterocycles. The molecule has 0 amide bonds. The minimum absolute atomic E-state index is 0.0404. The molecule has 0 heterocycles. The van der Waals surface area contributed by atoms with Crippen LogP contribution in [0.5, 0.6) is 0 Å². The number of halogens is 4. The van der Waals surface area contributed by atoms with Crippen LogP contribution in [-0.2, 0) is 6.54 Å². The quantitative estimate of drug-likeness (QED) is 0.787. The van der Waals surface area contributed by atoms with Crippen LogP contribution >= 0.6 is 27.5 Å². The maximum Gasteiger partial charge on any atom is 0.130 e. The topological polar surface area (TPSA) is 12.0 Å². The van der Waals surface area contributed by atoms with E-state index in [4.69, 9.17) is 11.6 Å². The molecule has 0 fully saturated rings. The van der Waals surface area contributed by atoms with Crippen LogP contribution in [0.25, 0.3) is 0 Å². The van der Waals surface area contributed by atoms with Gasteiger partial charge in [-0.3, -0.25) is 0 Å². The normalized spacial score (nSPS) is 12.4. The average Bonchev–Trinajstić information content (AvgIpc) is 2.39. The number of hydrogen-bond acceptors (Lipinski definition) is 1. The third kappa shape index (κ3) is 3.57. The minimum atomic E-state index is -0.551. The van der Waals surface area contributed by atoms with Crippen LogP contribution in [0, 0.1) is 11.6 Å². The first-order valence-electron chi connectivity index (χ1n) is 6.10. The molecule has 0 aliphatic carbocycles. The van der Waals surface area contributed by atoms with Gasteiger partial charge < -0.3 is 5.32 Å². The molecule has 1 unspecified atom stereocenters. The van der Waals surface area contributed by atoms with Crippen LogP contribution < -0.4 is 5.32 Å². The van der Waals surface area contributed by atoms with Crippen molar-refractivity contribution in [3.8, 4) is 0 Å². The van der Waals surface area contributed by atoms with Gasteiger partial charge in [-0.05, 0) is 42.8 Å². The van der Waals surface area contributed by atoms with Gasteiger partial charge in [0.05, 0.1) is 0 Å². The van der Waals surface area contributed by atoms with Gasteiger partial charge in [0.25, 0.3) is 0 Å². The van der Waals surface area contributed by atoms with Crippen molar-refractivity contribution < 1.29 is 8.78 Å². The Morgan fingerprint density at radius 3 is 2.50 bits per heavy atom. The fraction of sp³-hybridized carbons (Fsp3) is 0.200. The standard InChI is InChI=1S/C15H13BrClF2N/c1-9(15-13(18)3-2-4-14(15)19)20-8-10-7-11(16)5-6-12(10)17/h2-7,9,20H,8H2,1H3. The van der Waals surface area contributed by atoms with Crippen LogP contribution in [-0.4, -0.2) is 0 Å². The van der Waals surface area contributed by atoms with Crippen LogP contribution in [0.2, 0.25) is 5.02 Å². The van der Waals surface area contributed by atoms with Crippen molar-refractivity contribution >= 4 is 27.5 Å². The summed E-state index contributed by atoms with van der Waals surface area (Å²) in [5.41, 5.74) is 0.906. The van der Waals surface area contributed by atoms with Gasteiger partial charge in [-0.15, -0.1) is 0 Å². The summed E-state index contributed by atoms with van der Waals surface area (Å²) in [5.74, 6) is -1.10. The molecule has 1 atom stereocenters. The number of benzene rings is 2. The van der Waals surface area contributed by atoms with Crippen molar-refractivity contribution in [3.05, 3.63) is 68.7 Å².